The summed E-state index contributed by atoms with van der Waals surface area (Å²) in [5.74, 6) is -0.0440. The molecule has 5 nitrogen and oxygen atoms in total. The molecule has 0 spiro atoms. The lowest BCUT2D eigenvalue weighted by molar-refractivity contribution is -0.140. The first-order valence-corrected chi connectivity index (χ1v) is 3.56. The molecule has 5 heteroatoms. The molecule has 13 heavy (non-hydrogen) atoms. The van der Waals surface area contributed by atoms with Crippen molar-refractivity contribution in [3.8, 4) is 0 Å². The van der Waals surface area contributed by atoms with E-state index >= 15 is 0 Å². The Morgan fingerprint density at radius 2 is 1.38 bits per heavy atom. The lowest BCUT2D eigenvalue weighted by Gasteiger charge is -1.89. The second-order valence-corrected chi connectivity index (χ2v) is 1.83. The van der Waals surface area contributed by atoms with Crippen molar-refractivity contribution in [3.05, 3.63) is 0 Å². The second-order valence-electron chi connectivity index (χ2n) is 1.83. The SMILES string of the molecule is CC(C)=O.CCOC(C)=O.CO.O. The fourth-order valence-electron chi connectivity index (χ4n) is 0.203. The third-order valence-corrected chi connectivity index (χ3v) is 0.348. The molecule has 0 saturated carbocycles. The molecule has 0 saturated heterocycles. The lowest BCUT2D eigenvalue weighted by atomic mass is 10.6. The van der Waals surface area contributed by atoms with E-state index < -0.39 is 0 Å². The number of carbonyl (C=O) groups is 2. The number of aliphatic hydroxyl groups is 1. The van der Waals surface area contributed by atoms with E-state index in [4.69, 9.17) is 5.11 Å². The Morgan fingerprint density at radius 3 is 1.38 bits per heavy atom. The van der Waals surface area contributed by atoms with E-state index in [2.05, 4.69) is 4.74 Å². The molecule has 0 aromatic carbocycles. The Bertz CT molecular complexity index is 107. The highest BCUT2D eigenvalue weighted by atomic mass is 16.5. The number of aliphatic hydroxyl groups excluding tert-OH is 1. The van der Waals surface area contributed by atoms with E-state index in [1.807, 2.05) is 0 Å². The summed E-state index contributed by atoms with van der Waals surface area (Å²) >= 11 is 0. The van der Waals surface area contributed by atoms with Crippen LogP contribution in [0.15, 0.2) is 0 Å². The molecular weight excluding hydrogens is 176 g/mol. The molecular formula is C8H20O5. The number of hydrogen-bond donors (Lipinski definition) is 1. The van der Waals surface area contributed by atoms with Crippen molar-refractivity contribution < 1.29 is 24.9 Å². The number of Topliss-reactive ketones (excluding diaryl/α,β-unsaturated/α-hetero) is 1. The first-order chi connectivity index (χ1) is 5.50. The first-order valence-electron chi connectivity index (χ1n) is 3.56. The molecule has 82 valence electrons. The molecule has 0 aromatic rings. The lowest BCUT2D eigenvalue weighted by Crippen LogP contribution is -1.95. The maximum Gasteiger partial charge on any atom is 0.302 e. The number of carbonyl (C=O) groups excluding carboxylic acids is 2. The molecule has 0 aromatic heterocycles. The van der Waals surface area contributed by atoms with Crippen LogP contribution in [0.5, 0.6) is 0 Å². The second kappa shape index (κ2) is 22.5. The third kappa shape index (κ3) is 214. The van der Waals surface area contributed by atoms with Gasteiger partial charge < -0.3 is 20.1 Å². The van der Waals surface area contributed by atoms with Crippen LogP contribution >= 0.6 is 0 Å². The van der Waals surface area contributed by atoms with E-state index in [-0.39, 0.29) is 17.2 Å². The topological polar surface area (TPSA) is 95.1 Å². The van der Waals surface area contributed by atoms with Crippen LogP contribution in [0.2, 0.25) is 0 Å². The average molecular weight is 196 g/mol. The summed E-state index contributed by atoms with van der Waals surface area (Å²) in [6.45, 7) is 6.71. The normalized spacial score (nSPS) is 6.00. The fraction of sp³-hybridized carbons (Fsp3) is 0.750. The van der Waals surface area contributed by atoms with Gasteiger partial charge in [0.05, 0.1) is 6.61 Å². The maximum atomic E-state index is 9.82. The molecule has 0 unspecified atom stereocenters. The van der Waals surface area contributed by atoms with Gasteiger partial charge in [0.15, 0.2) is 0 Å². The van der Waals surface area contributed by atoms with Gasteiger partial charge in [0.2, 0.25) is 0 Å². The van der Waals surface area contributed by atoms with Gasteiger partial charge in [-0.15, -0.1) is 0 Å². The number of hydrogen-bond acceptors (Lipinski definition) is 4. The van der Waals surface area contributed by atoms with Gasteiger partial charge >= 0.3 is 5.97 Å². The number of ketones is 1. The van der Waals surface area contributed by atoms with Crippen molar-refractivity contribution in [2.45, 2.75) is 27.7 Å². The van der Waals surface area contributed by atoms with E-state index in [0.29, 0.717) is 6.61 Å². The Kier molecular flexibility index (Phi) is 39.2. The molecule has 0 fully saturated rings. The monoisotopic (exact) mass is 196 g/mol. The van der Waals surface area contributed by atoms with Crippen LogP contribution in [0, 0.1) is 0 Å². The van der Waals surface area contributed by atoms with Gasteiger partial charge in [-0.2, -0.15) is 0 Å². The van der Waals surface area contributed by atoms with E-state index in [1.54, 1.807) is 6.92 Å². The summed E-state index contributed by atoms with van der Waals surface area (Å²) in [6, 6.07) is 0. The van der Waals surface area contributed by atoms with Crippen LogP contribution < -0.4 is 0 Å². The minimum Gasteiger partial charge on any atom is -0.466 e. The predicted molar refractivity (Wildman–Crippen MR) is 50.4 cm³/mol. The highest BCUT2D eigenvalue weighted by Crippen LogP contribution is 1.69. The molecule has 0 aliphatic rings. The molecule has 0 atom stereocenters. The Morgan fingerprint density at radius 1 is 1.15 bits per heavy atom. The van der Waals surface area contributed by atoms with Crippen molar-refractivity contribution >= 4 is 11.8 Å². The van der Waals surface area contributed by atoms with Gasteiger partial charge in [0.1, 0.15) is 5.78 Å². The summed E-state index contributed by atoms with van der Waals surface area (Å²) < 4.78 is 4.40. The molecule has 0 amide bonds. The molecule has 3 N–H and O–H groups in total. The quantitative estimate of drug-likeness (QED) is 0.595. The Labute approximate surface area is 79.0 Å². The van der Waals surface area contributed by atoms with Gasteiger partial charge in [0.25, 0.3) is 0 Å². The average Bonchev–Trinajstić information content (AvgIpc) is 1.90. The zero-order valence-electron chi connectivity index (χ0n) is 8.88. The highest BCUT2D eigenvalue weighted by Gasteiger charge is 1.81. The summed E-state index contributed by atoms with van der Waals surface area (Å²) in [7, 11) is 1.00. The maximum absolute atomic E-state index is 9.82. The number of rotatable bonds is 1. The van der Waals surface area contributed by atoms with Crippen LogP contribution in [0.3, 0.4) is 0 Å². The standard InChI is InChI=1S/C4H8O2.C3H6O.CH4O.H2O/c1-3-6-4(2)5;1-3(2)4;1-2;/h3H2,1-2H3;1-2H3;2H,1H3;1H2. The van der Waals surface area contributed by atoms with Crippen molar-refractivity contribution in [2.75, 3.05) is 13.7 Å². The summed E-state index contributed by atoms with van der Waals surface area (Å²) in [5.41, 5.74) is 0. The summed E-state index contributed by atoms with van der Waals surface area (Å²) in [5, 5.41) is 7.00. The molecule has 0 aliphatic carbocycles. The zero-order valence-corrected chi connectivity index (χ0v) is 8.88. The Hall–Kier alpha value is -0.940. The van der Waals surface area contributed by atoms with Gasteiger partial charge in [-0.05, 0) is 20.8 Å². The van der Waals surface area contributed by atoms with Gasteiger partial charge in [0, 0.05) is 14.0 Å². The third-order valence-electron chi connectivity index (χ3n) is 0.348. The summed E-state index contributed by atoms with van der Waals surface area (Å²) in [4.78, 5) is 19.3. The van der Waals surface area contributed by atoms with Crippen LogP contribution in [0.4, 0.5) is 0 Å². The fourth-order valence-corrected chi connectivity index (χ4v) is 0.203. The zero-order chi connectivity index (χ0) is 10.6. The van der Waals surface area contributed by atoms with Gasteiger partial charge in [-0.1, -0.05) is 0 Å². The van der Waals surface area contributed by atoms with Gasteiger partial charge in [-0.25, -0.2) is 0 Å². The van der Waals surface area contributed by atoms with Crippen molar-refractivity contribution in [1.29, 1.82) is 0 Å². The van der Waals surface area contributed by atoms with Crippen molar-refractivity contribution in [1.82, 2.24) is 0 Å². The van der Waals surface area contributed by atoms with E-state index in [1.165, 1.54) is 20.8 Å². The summed E-state index contributed by atoms with van der Waals surface area (Å²) in [6.07, 6.45) is 0. The van der Waals surface area contributed by atoms with Crippen molar-refractivity contribution in [2.24, 2.45) is 0 Å². The van der Waals surface area contributed by atoms with Crippen LogP contribution in [0.25, 0.3) is 0 Å². The molecule has 0 bridgehead atoms. The van der Waals surface area contributed by atoms with Gasteiger partial charge in [-0.3, -0.25) is 4.79 Å². The van der Waals surface area contributed by atoms with E-state index in [0.717, 1.165) is 7.11 Å². The largest absolute Gasteiger partial charge is 0.466 e. The molecule has 0 aliphatic heterocycles. The smallest absolute Gasteiger partial charge is 0.302 e. The Balaban J connectivity index is -0.0000000512. The van der Waals surface area contributed by atoms with Crippen LogP contribution in [-0.2, 0) is 14.3 Å². The number of esters is 1. The van der Waals surface area contributed by atoms with E-state index in [9.17, 15) is 9.59 Å². The van der Waals surface area contributed by atoms with Crippen LogP contribution in [-0.4, -0.2) is 36.1 Å². The molecule has 0 heterocycles. The first kappa shape index (κ1) is 22.7. The highest BCUT2D eigenvalue weighted by molar-refractivity contribution is 5.72. The predicted octanol–water partition coefficient (Wildman–Crippen LogP) is -0.0515. The van der Waals surface area contributed by atoms with Crippen molar-refractivity contribution in [3.63, 3.8) is 0 Å². The van der Waals surface area contributed by atoms with Crippen LogP contribution in [0.1, 0.15) is 27.7 Å². The molecule has 0 radical (unpaired) electrons. The molecule has 0 rings (SSSR count). The number of ether oxygens (including phenoxy) is 1. The minimum absolute atomic E-state index is 0. The minimum atomic E-state index is -0.211.